The number of hydrogen-bond donors (Lipinski definition) is 3. The van der Waals surface area contributed by atoms with Gasteiger partial charge in [0.1, 0.15) is 0 Å². The molecule has 1 aromatic heterocycles. The summed E-state index contributed by atoms with van der Waals surface area (Å²) in [6, 6.07) is 14.0. The zero-order valence-corrected chi connectivity index (χ0v) is 14.0. The average Bonchev–Trinajstić information content (AvgIpc) is 3.10. The Morgan fingerprint density at radius 2 is 1.92 bits per heavy atom. The van der Waals surface area contributed by atoms with E-state index >= 15 is 0 Å². The van der Waals surface area contributed by atoms with E-state index in [2.05, 4.69) is 20.0 Å². The van der Waals surface area contributed by atoms with Crippen LogP contribution in [0.1, 0.15) is 5.56 Å². The van der Waals surface area contributed by atoms with E-state index in [0.29, 0.717) is 12.2 Å². The molecule has 0 fully saturated rings. The molecule has 7 heteroatoms. The minimum absolute atomic E-state index is 0.222. The Kier molecular flexibility index (Phi) is 4.64. The van der Waals surface area contributed by atoms with Crippen LogP contribution in [0.3, 0.4) is 0 Å². The number of aromatic amines is 1. The quantitative estimate of drug-likeness (QED) is 0.643. The van der Waals surface area contributed by atoms with Gasteiger partial charge < -0.3 is 10.3 Å². The Balaban J connectivity index is 2.03. The zero-order chi connectivity index (χ0) is 17.0. The van der Waals surface area contributed by atoms with Crippen molar-refractivity contribution in [2.75, 3.05) is 11.8 Å². The first-order valence-electron chi connectivity index (χ1n) is 7.44. The van der Waals surface area contributed by atoms with Crippen LogP contribution >= 0.6 is 0 Å². The summed E-state index contributed by atoms with van der Waals surface area (Å²) in [5.41, 5.74) is 2.98. The van der Waals surface area contributed by atoms with Gasteiger partial charge >= 0.3 is 0 Å². The van der Waals surface area contributed by atoms with Gasteiger partial charge in [0.25, 0.3) is 10.0 Å². The lowest BCUT2D eigenvalue weighted by molar-refractivity contribution is 0.601. The summed E-state index contributed by atoms with van der Waals surface area (Å²) in [5, 5.41) is 3.06. The minimum Gasteiger partial charge on any atom is -0.345 e. The van der Waals surface area contributed by atoms with Crippen LogP contribution in [0.4, 0.5) is 5.69 Å². The molecular formula is C17H18N4O2S. The van der Waals surface area contributed by atoms with Crippen LogP contribution in [-0.4, -0.2) is 25.4 Å². The Morgan fingerprint density at radius 3 is 2.58 bits per heavy atom. The second-order valence-corrected chi connectivity index (χ2v) is 6.98. The lowest BCUT2D eigenvalue weighted by Gasteiger charge is -2.14. The molecule has 0 aliphatic heterocycles. The molecule has 6 nitrogen and oxygen atoms in total. The molecule has 3 rings (SSSR count). The second-order valence-electron chi connectivity index (χ2n) is 5.29. The van der Waals surface area contributed by atoms with Gasteiger partial charge in [-0.3, -0.25) is 4.72 Å². The van der Waals surface area contributed by atoms with Crippen LogP contribution in [0.25, 0.3) is 11.3 Å². The van der Waals surface area contributed by atoms with E-state index in [-0.39, 0.29) is 4.90 Å². The van der Waals surface area contributed by atoms with Crippen LogP contribution in [0, 0.1) is 0 Å². The van der Waals surface area contributed by atoms with Gasteiger partial charge in [0.05, 0.1) is 28.8 Å². The first kappa shape index (κ1) is 16.2. The van der Waals surface area contributed by atoms with Crippen molar-refractivity contribution in [1.82, 2.24) is 15.3 Å². The molecule has 0 atom stereocenters. The Labute approximate surface area is 141 Å². The van der Waals surface area contributed by atoms with Gasteiger partial charge in [0.2, 0.25) is 0 Å². The maximum Gasteiger partial charge on any atom is 0.261 e. The first-order valence-corrected chi connectivity index (χ1v) is 8.92. The molecule has 2 aromatic carbocycles. The maximum absolute atomic E-state index is 12.6. The number of hydrogen-bond acceptors (Lipinski definition) is 4. The Hall–Kier alpha value is -2.64. The lowest BCUT2D eigenvalue weighted by atomic mass is 10.1. The predicted molar refractivity (Wildman–Crippen MR) is 94.0 cm³/mol. The van der Waals surface area contributed by atoms with E-state index in [1.807, 2.05) is 25.2 Å². The summed E-state index contributed by atoms with van der Waals surface area (Å²) < 4.78 is 28.0. The molecule has 0 saturated heterocycles. The summed E-state index contributed by atoms with van der Waals surface area (Å²) in [6.45, 7) is 0.642. The summed E-state index contributed by atoms with van der Waals surface area (Å²) in [5.74, 6) is 0. The molecule has 0 amide bonds. The third-order valence-corrected chi connectivity index (χ3v) is 4.93. The fourth-order valence-electron chi connectivity index (χ4n) is 2.43. The molecule has 124 valence electrons. The van der Waals surface area contributed by atoms with Gasteiger partial charge in [-0.2, -0.15) is 0 Å². The smallest absolute Gasteiger partial charge is 0.261 e. The van der Waals surface area contributed by atoms with Crippen molar-refractivity contribution >= 4 is 15.7 Å². The monoisotopic (exact) mass is 342 g/mol. The molecular weight excluding hydrogens is 324 g/mol. The number of anilines is 1. The van der Waals surface area contributed by atoms with Crippen molar-refractivity contribution in [3.8, 4) is 11.3 Å². The molecule has 0 bridgehead atoms. The first-order chi connectivity index (χ1) is 11.6. The highest BCUT2D eigenvalue weighted by molar-refractivity contribution is 7.92. The summed E-state index contributed by atoms with van der Waals surface area (Å²) >= 11 is 0. The Bertz CT molecular complexity index is 907. The molecule has 24 heavy (non-hydrogen) atoms. The van der Waals surface area contributed by atoms with Crippen molar-refractivity contribution in [2.45, 2.75) is 11.4 Å². The summed E-state index contributed by atoms with van der Waals surface area (Å²) in [7, 11) is -1.82. The van der Waals surface area contributed by atoms with Crippen LogP contribution < -0.4 is 10.0 Å². The van der Waals surface area contributed by atoms with Crippen LogP contribution in [0.2, 0.25) is 0 Å². The number of nitrogens with one attached hydrogen (secondary N) is 3. The van der Waals surface area contributed by atoms with Gasteiger partial charge in [0.15, 0.2) is 0 Å². The predicted octanol–water partition coefficient (Wildman–Crippen LogP) is 2.60. The van der Waals surface area contributed by atoms with E-state index in [4.69, 9.17) is 0 Å². The third kappa shape index (κ3) is 3.47. The number of nitrogens with zero attached hydrogens (tertiary/aromatic N) is 1. The highest BCUT2D eigenvalue weighted by atomic mass is 32.2. The number of sulfonamides is 1. The number of H-pyrrole nitrogens is 1. The second kappa shape index (κ2) is 6.86. The van der Waals surface area contributed by atoms with Gasteiger partial charge in [-0.1, -0.05) is 30.3 Å². The molecule has 0 saturated carbocycles. The van der Waals surface area contributed by atoms with E-state index in [0.717, 1.165) is 16.8 Å². The maximum atomic E-state index is 12.6. The topological polar surface area (TPSA) is 86.9 Å². The van der Waals surface area contributed by atoms with Crippen molar-refractivity contribution in [1.29, 1.82) is 0 Å². The average molecular weight is 342 g/mol. The van der Waals surface area contributed by atoms with Crippen LogP contribution in [0.5, 0.6) is 0 Å². The number of imidazole rings is 1. The fraction of sp³-hybridized carbons (Fsp3) is 0.118. The van der Waals surface area contributed by atoms with Gasteiger partial charge in [-0.05, 0) is 30.8 Å². The summed E-state index contributed by atoms with van der Waals surface area (Å²) in [6.07, 6.45) is 3.22. The van der Waals surface area contributed by atoms with Crippen LogP contribution in [0.15, 0.2) is 66.0 Å². The number of rotatable bonds is 6. The summed E-state index contributed by atoms with van der Waals surface area (Å²) in [4.78, 5) is 7.24. The normalized spacial score (nSPS) is 11.4. The highest BCUT2D eigenvalue weighted by Gasteiger charge is 2.17. The van der Waals surface area contributed by atoms with Crippen molar-refractivity contribution < 1.29 is 8.42 Å². The molecule has 0 unspecified atom stereocenters. The molecule has 0 spiro atoms. The largest absolute Gasteiger partial charge is 0.345 e. The molecule has 0 aliphatic rings. The third-order valence-electron chi connectivity index (χ3n) is 3.55. The molecule has 1 heterocycles. The van der Waals surface area contributed by atoms with E-state index < -0.39 is 10.0 Å². The highest BCUT2D eigenvalue weighted by Crippen LogP contribution is 2.29. The minimum atomic E-state index is -3.66. The molecule has 3 aromatic rings. The van der Waals surface area contributed by atoms with E-state index in [1.165, 1.54) is 0 Å². The van der Waals surface area contributed by atoms with Gasteiger partial charge in [-0.15, -0.1) is 0 Å². The van der Waals surface area contributed by atoms with Crippen molar-refractivity contribution in [3.05, 3.63) is 66.6 Å². The van der Waals surface area contributed by atoms with E-state index in [9.17, 15) is 8.42 Å². The SMILES string of the molecule is CNCc1ccc(-c2cnc[nH]2)c(NS(=O)(=O)c2ccccc2)c1. The lowest BCUT2D eigenvalue weighted by Crippen LogP contribution is -2.14. The fourth-order valence-corrected chi connectivity index (χ4v) is 3.52. The number of benzene rings is 2. The number of aromatic nitrogens is 2. The zero-order valence-electron chi connectivity index (χ0n) is 13.2. The van der Waals surface area contributed by atoms with Gasteiger partial charge in [-0.25, -0.2) is 13.4 Å². The van der Waals surface area contributed by atoms with Gasteiger partial charge in [0, 0.05) is 12.1 Å². The molecule has 0 radical (unpaired) electrons. The standard InChI is InChI=1S/C17H18N4O2S/c1-18-10-13-7-8-15(17-11-19-12-20-17)16(9-13)21-24(22,23)14-5-3-2-4-6-14/h2-9,11-12,18,21H,10H2,1H3,(H,19,20). The Morgan fingerprint density at radius 1 is 1.12 bits per heavy atom. The van der Waals surface area contributed by atoms with Crippen molar-refractivity contribution in [2.24, 2.45) is 0 Å². The molecule has 3 N–H and O–H groups in total. The van der Waals surface area contributed by atoms with Crippen LogP contribution in [-0.2, 0) is 16.6 Å². The van der Waals surface area contributed by atoms with Crippen molar-refractivity contribution in [3.63, 3.8) is 0 Å². The molecule has 0 aliphatic carbocycles. The van der Waals surface area contributed by atoms with E-state index in [1.54, 1.807) is 42.9 Å².